The van der Waals surface area contributed by atoms with E-state index in [1.54, 1.807) is 18.5 Å². The molecule has 4 nitrogen and oxygen atoms in total. The van der Waals surface area contributed by atoms with Gasteiger partial charge in [-0.15, -0.1) is 0 Å². The lowest BCUT2D eigenvalue weighted by molar-refractivity contribution is 1.28. The summed E-state index contributed by atoms with van der Waals surface area (Å²) in [7, 11) is 0. The van der Waals surface area contributed by atoms with Gasteiger partial charge in [-0.1, -0.05) is 6.07 Å². The lowest BCUT2D eigenvalue weighted by Gasteiger charge is -2.07. The van der Waals surface area contributed by atoms with Gasteiger partial charge in [0.05, 0.1) is 27.4 Å². The molecule has 0 aliphatic carbocycles. The van der Waals surface area contributed by atoms with Crippen molar-refractivity contribution < 1.29 is 0 Å². The summed E-state index contributed by atoms with van der Waals surface area (Å²) in [4.78, 5) is 8.30. The van der Waals surface area contributed by atoms with E-state index in [4.69, 9.17) is 5.26 Å². The Balaban J connectivity index is 2.72. The number of nitrogens with zero attached hydrogens (tertiary/aromatic N) is 4. The Bertz CT molecular complexity index is 500. The average Bonchev–Trinajstić information content (AvgIpc) is 2.27. The molecule has 1 heterocycles. The van der Waals surface area contributed by atoms with Crippen molar-refractivity contribution in [2.24, 2.45) is 0 Å². The first kappa shape index (κ1) is 8.91. The Morgan fingerprint density at radius 1 is 1.29 bits per heavy atom. The van der Waals surface area contributed by atoms with E-state index in [9.17, 15) is 0 Å². The van der Waals surface area contributed by atoms with Crippen LogP contribution in [0.15, 0.2) is 30.6 Å². The molecule has 2 rings (SSSR count). The van der Waals surface area contributed by atoms with Crippen LogP contribution >= 0.6 is 16.1 Å². The predicted octanol–water partition coefficient (Wildman–Crippen LogP) is 2.23. The number of benzene rings is 1. The molecule has 0 radical (unpaired) electrons. The minimum absolute atomic E-state index is 0.693. The highest BCUT2D eigenvalue weighted by Crippen LogP contribution is 2.24. The van der Waals surface area contributed by atoms with Gasteiger partial charge in [0.25, 0.3) is 0 Å². The molecule has 0 saturated carbocycles. The monoisotopic (exact) mass is 248 g/mol. The second-order valence-electron chi connectivity index (χ2n) is 2.58. The maximum absolute atomic E-state index is 8.73. The van der Waals surface area contributed by atoms with Crippen LogP contribution in [0.2, 0.25) is 0 Å². The fourth-order valence-electron chi connectivity index (χ4n) is 1.19. The van der Waals surface area contributed by atoms with Gasteiger partial charge >= 0.3 is 0 Å². The number of rotatable bonds is 1. The topological polar surface area (TPSA) is 52.8 Å². The molecule has 0 aliphatic rings. The summed E-state index contributed by atoms with van der Waals surface area (Å²) in [6.07, 6.45) is 5.18. The molecule has 14 heavy (non-hydrogen) atoms. The summed E-state index contributed by atoms with van der Waals surface area (Å²) in [6, 6.07) is 5.48. The molecule has 0 unspecified atom stereocenters. The van der Waals surface area contributed by atoms with Crippen molar-refractivity contribution in [1.29, 1.82) is 5.26 Å². The van der Waals surface area contributed by atoms with Crippen LogP contribution in [0.4, 0.5) is 5.69 Å². The van der Waals surface area contributed by atoms with E-state index in [0.29, 0.717) is 11.2 Å². The maximum atomic E-state index is 8.73. The molecule has 1 aromatic heterocycles. The first-order valence-electron chi connectivity index (χ1n) is 3.88. The normalized spacial score (nSPS) is 9.71. The molecule has 0 N–H and O–H groups in total. The number of hydrogen-bond acceptors (Lipinski definition) is 4. The van der Waals surface area contributed by atoms with Crippen molar-refractivity contribution in [3.63, 3.8) is 0 Å². The molecule has 0 amide bonds. The van der Waals surface area contributed by atoms with Crippen LogP contribution in [0.3, 0.4) is 0 Å². The van der Waals surface area contributed by atoms with Crippen molar-refractivity contribution in [2.45, 2.75) is 0 Å². The number of fused-ring (bicyclic) bond motifs is 1. The van der Waals surface area contributed by atoms with E-state index >= 15 is 0 Å². The van der Waals surface area contributed by atoms with Crippen LogP contribution in [-0.4, -0.2) is 9.97 Å². The number of para-hydroxylation sites is 1. The molecule has 68 valence electrons. The van der Waals surface area contributed by atoms with E-state index < -0.39 is 0 Å². The summed E-state index contributed by atoms with van der Waals surface area (Å²) < 4.78 is 1.28. The van der Waals surface area contributed by atoms with Gasteiger partial charge in [-0.3, -0.25) is 9.97 Å². The molecule has 0 bridgehead atoms. The van der Waals surface area contributed by atoms with Crippen LogP contribution in [0, 0.1) is 11.5 Å². The molecule has 2 aromatic rings. The molecule has 0 atom stereocenters. The molecular weight excluding hydrogens is 244 g/mol. The zero-order chi connectivity index (χ0) is 9.97. The first-order chi connectivity index (χ1) is 6.83. The maximum Gasteiger partial charge on any atom is 0.195 e. The number of hydrogen-bond donors (Lipinski definition) is 0. The van der Waals surface area contributed by atoms with E-state index in [1.807, 2.05) is 18.3 Å². The Labute approximate surface area is 89.1 Å². The fourth-order valence-corrected chi connectivity index (χ4v) is 1.48. The second-order valence-corrected chi connectivity index (χ2v) is 3.29. The standard InChI is InChI=1S/C9H5BrN4/c10-14(6-11)8-3-1-2-7-9(8)13-5-4-12-7/h1-5H. The third kappa shape index (κ3) is 1.40. The third-order valence-electron chi connectivity index (χ3n) is 1.78. The van der Waals surface area contributed by atoms with Crippen molar-refractivity contribution in [2.75, 3.05) is 3.93 Å². The van der Waals surface area contributed by atoms with Gasteiger partial charge in [0.1, 0.15) is 5.52 Å². The Hall–Kier alpha value is -1.67. The minimum atomic E-state index is 0.693. The van der Waals surface area contributed by atoms with Crippen molar-refractivity contribution in [1.82, 2.24) is 9.97 Å². The van der Waals surface area contributed by atoms with Crippen LogP contribution < -0.4 is 3.93 Å². The molecule has 0 aliphatic heterocycles. The van der Waals surface area contributed by atoms with Gasteiger partial charge in [0.2, 0.25) is 0 Å². The van der Waals surface area contributed by atoms with E-state index in [2.05, 4.69) is 26.1 Å². The third-order valence-corrected chi connectivity index (χ3v) is 2.32. The number of nitriles is 1. The number of halogens is 1. The lowest BCUT2D eigenvalue weighted by atomic mass is 10.2. The summed E-state index contributed by atoms with van der Waals surface area (Å²) in [6.45, 7) is 0. The van der Waals surface area contributed by atoms with Crippen molar-refractivity contribution >= 4 is 32.9 Å². The number of anilines is 1. The highest BCUT2D eigenvalue weighted by molar-refractivity contribution is 9.10. The second kappa shape index (κ2) is 3.60. The summed E-state index contributed by atoms with van der Waals surface area (Å²) in [5.74, 6) is 0. The molecule has 0 fully saturated rings. The Kier molecular flexibility index (Phi) is 2.29. The zero-order valence-corrected chi connectivity index (χ0v) is 8.64. The summed E-state index contributed by atoms with van der Waals surface area (Å²) in [5, 5.41) is 8.73. The van der Waals surface area contributed by atoms with Gasteiger partial charge in [0, 0.05) is 12.4 Å². The van der Waals surface area contributed by atoms with Crippen molar-refractivity contribution in [3.05, 3.63) is 30.6 Å². The smallest absolute Gasteiger partial charge is 0.195 e. The van der Waals surface area contributed by atoms with E-state index in [1.165, 1.54) is 3.93 Å². The molecular formula is C9H5BrN4. The average molecular weight is 249 g/mol. The number of aromatic nitrogens is 2. The van der Waals surface area contributed by atoms with Crippen molar-refractivity contribution in [3.8, 4) is 6.19 Å². The lowest BCUT2D eigenvalue weighted by Crippen LogP contribution is -2.00. The molecule has 0 spiro atoms. The van der Waals surface area contributed by atoms with Gasteiger partial charge in [-0.25, -0.2) is 3.93 Å². The first-order valence-corrected chi connectivity index (χ1v) is 4.59. The Morgan fingerprint density at radius 2 is 2.07 bits per heavy atom. The molecule has 0 saturated heterocycles. The van der Waals surface area contributed by atoms with E-state index in [0.717, 1.165) is 5.52 Å². The van der Waals surface area contributed by atoms with E-state index in [-0.39, 0.29) is 0 Å². The summed E-state index contributed by atoms with van der Waals surface area (Å²) >= 11 is 3.11. The Morgan fingerprint density at radius 3 is 2.86 bits per heavy atom. The highest BCUT2D eigenvalue weighted by atomic mass is 79.9. The fraction of sp³-hybridized carbons (Fsp3) is 0. The minimum Gasteiger partial charge on any atom is -0.253 e. The SMILES string of the molecule is N#CN(Br)c1cccc2nccnc12. The van der Waals surface area contributed by atoms with Gasteiger partial charge in [-0.05, 0) is 12.1 Å². The zero-order valence-electron chi connectivity index (χ0n) is 7.05. The summed E-state index contributed by atoms with van der Waals surface area (Å²) in [5.41, 5.74) is 2.16. The van der Waals surface area contributed by atoms with Gasteiger partial charge in [0.15, 0.2) is 6.19 Å². The van der Waals surface area contributed by atoms with Crippen LogP contribution in [0.1, 0.15) is 0 Å². The van der Waals surface area contributed by atoms with Gasteiger partial charge < -0.3 is 0 Å². The van der Waals surface area contributed by atoms with Crippen LogP contribution in [-0.2, 0) is 0 Å². The van der Waals surface area contributed by atoms with Crippen LogP contribution in [0.5, 0.6) is 0 Å². The quantitative estimate of drug-likeness (QED) is 0.441. The molecule has 5 heteroatoms. The van der Waals surface area contributed by atoms with Crippen LogP contribution in [0.25, 0.3) is 11.0 Å². The van der Waals surface area contributed by atoms with Gasteiger partial charge in [-0.2, -0.15) is 5.26 Å². The molecule has 1 aromatic carbocycles. The highest BCUT2D eigenvalue weighted by Gasteiger charge is 2.07. The largest absolute Gasteiger partial charge is 0.253 e. The predicted molar refractivity (Wildman–Crippen MR) is 56.6 cm³/mol.